The fraction of sp³-hybridized carbons (Fsp3) is 0.467. The zero-order valence-electron chi connectivity index (χ0n) is 12.0. The number of hydrogen-bond acceptors (Lipinski definition) is 3. The molecule has 0 aromatic heterocycles. The van der Waals surface area contributed by atoms with Crippen molar-refractivity contribution in [1.29, 1.82) is 0 Å². The summed E-state index contributed by atoms with van der Waals surface area (Å²) in [7, 11) is 0. The van der Waals surface area contributed by atoms with Crippen molar-refractivity contribution in [2.45, 2.75) is 26.7 Å². The molecule has 0 atom stereocenters. The molecule has 1 fully saturated rings. The lowest BCUT2D eigenvalue weighted by atomic mass is 10.1. The Hall–Kier alpha value is -1.88. The molecule has 5 nitrogen and oxygen atoms in total. The SMILES string of the molecule is CCNC(=O)c1ccc(C)c(NC(=O)C2(CN)CC2)c1. The Morgan fingerprint density at radius 2 is 2.05 bits per heavy atom. The molecular weight excluding hydrogens is 254 g/mol. The number of carbonyl (C=O) groups is 2. The number of benzene rings is 1. The first-order valence-electron chi connectivity index (χ1n) is 6.93. The third-order valence-electron chi connectivity index (χ3n) is 3.81. The van der Waals surface area contributed by atoms with Crippen LogP contribution in [0.15, 0.2) is 18.2 Å². The molecule has 2 rings (SSSR count). The van der Waals surface area contributed by atoms with Crippen LogP contribution in [0.1, 0.15) is 35.7 Å². The summed E-state index contributed by atoms with van der Waals surface area (Å²) in [5, 5.41) is 5.65. The van der Waals surface area contributed by atoms with Gasteiger partial charge in [-0.3, -0.25) is 9.59 Å². The first kappa shape index (κ1) is 14.5. The van der Waals surface area contributed by atoms with Crippen molar-refractivity contribution >= 4 is 17.5 Å². The molecule has 108 valence electrons. The largest absolute Gasteiger partial charge is 0.352 e. The van der Waals surface area contributed by atoms with Gasteiger partial charge in [-0.1, -0.05) is 6.07 Å². The predicted octanol–water partition coefficient (Wildman–Crippen LogP) is 1.42. The van der Waals surface area contributed by atoms with E-state index in [1.165, 1.54) is 0 Å². The molecule has 1 aliphatic rings. The van der Waals surface area contributed by atoms with Crippen LogP contribution in [-0.2, 0) is 4.79 Å². The zero-order valence-corrected chi connectivity index (χ0v) is 12.0. The van der Waals surface area contributed by atoms with Gasteiger partial charge in [-0.05, 0) is 44.4 Å². The molecule has 0 bridgehead atoms. The Morgan fingerprint density at radius 3 is 2.60 bits per heavy atom. The lowest BCUT2D eigenvalue weighted by Crippen LogP contribution is -2.31. The van der Waals surface area contributed by atoms with Crippen LogP contribution in [0.3, 0.4) is 0 Å². The van der Waals surface area contributed by atoms with Crippen LogP contribution < -0.4 is 16.4 Å². The molecule has 1 aromatic rings. The summed E-state index contributed by atoms with van der Waals surface area (Å²) in [5.74, 6) is -0.181. The molecule has 1 saturated carbocycles. The molecule has 5 heteroatoms. The van der Waals surface area contributed by atoms with Gasteiger partial charge in [-0.25, -0.2) is 0 Å². The van der Waals surface area contributed by atoms with Gasteiger partial charge in [-0.15, -0.1) is 0 Å². The highest BCUT2D eigenvalue weighted by Gasteiger charge is 2.48. The van der Waals surface area contributed by atoms with Gasteiger partial charge in [-0.2, -0.15) is 0 Å². The summed E-state index contributed by atoms with van der Waals surface area (Å²) in [5.41, 5.74) is 7.42. The van der Waals surface area contributed by atoms with E-state index in [0.717, 1.165) is 18.4 Å². The number of aryl methyl sites for hydroxylation is 1. The van der Waals surface area contributed by atoms with Gasteiger partial charge in [0.15, 0.2) is 0 Å². The number of nitrogens with one attached hydrogen (secondary N) is 2. The molecular formula is C15H21N3O2. The Kier molecular flexibility index (Phi) is 4.09. The van der Waals surface area contributed by atoms with Gasteiger partial charge in [0.2, 0.25) is 5.91 Å². The normalized spacial score (nSPS) is 15.6. The second-order valence-electron chi connectivity index (χ2n) is 5.33. The number of hydrogen-bond donors (Lipinski definition) is 3. The highest BCUT2D eigenvalue weighted by Crippen LogP contribution is 2.45. The average molecular weight is 275 g/mol. The van der Waals surface area contributed by atoms with Crippen LogP contribution in [-0.4, -0.2) is 24.9 Å². The molecule has 20 heavy (non-hydrogen) atoms. The molecule has 2 amide bonds. The topological polar surface area (TPSA) is 84.2 Å². The van der Waals surface area contributed by atoms with E-state index in [2.05, 4.69) is 10.6 Å². The second-order valence-corrected chi connectivity index (χ2v) is 5.33. The molecule has 0 saturated heterocycles. The summed E-state index contributed by atoms with van der Waals surface area (Å²) in [6.45, 7) is 4.71. The first-order chi connectivity index (χ1) is 9.52. The highest BCUT2D eigenvalue weighted by molar-refractivity contribution is 6.00. The maximum atomic E-state index is 12.2. The van der Waals surface area contributed by atoms with Gasteiger partial charge in [0.25, 0.3) is 5.91 Å². The minimum atomic E-state index is -0.395. The highest BCUT2D eigenvalue weighted by atomic mass is 16.2. The zero-order chi connectivity index (χ0) is 14.8. The fourth-order valence-electron chi connectivity index (χ4n) is 2.09. The van der Waals surface area contributed by atoms with E-state index in [1.807, 2.05) is 19.9 Å². The van der Waals surface area contributed by atoms with E-state index in [1.54, 1.807) is 12.1 Å². The van der Waals surface area contributed by atoms with Gasteiger partial charge >= 0.3 is 0 Å². The lowest BCUT2D eigenvalue weighted by molar-refractivity contribution is -0.120. The van der Waals surface area contributed by atoms with Gasteiger partial charge in [0, 0.05) is 24.3 Å². The Morgan fingerprint density at radius 1 is 1.35 bits per heavy atom. The van der Waals surface area contributed by atoms with E-state index in [0.29, 0.717) is 24.3 Å². The third kappa shape index (κ3) is 2.82. The van der Waals surface area contributed by atoms with Crippen LogP contribution >= 0.6 is 0 Å². The first-order valence-corrected chi connectivity index (χ1v) is 6.93. The van der Waals surface area contributed by atoms with Crippen molar-refractivity contribution in [1.82, 2.24) is 5.32 Å². The number of anilines is 1. The number of rotatable bonds is 5. The van der Waals surface area contributed by atoms with Crippen molar-refractivity contribution in [3.05, 3.63) is 29.3 Å². The van der Waals surface area contributed by atoms with Gasteiger partial charge < -0.3 is 16.4 Å². The molecule has 4 N–H and O–H groups in total. The number of carbonyl (C=O) groups excluding carboxylic acids is 2. The van der Waals surface area contributed by atoms with E-state index >= 15 is 0 Å². The minimum absolute atomic E-state index is 0.0452. The Labute approximate surface area is 118 Å². The lowest BCUT2D eigenvalue weighted by Gasteiger charge is -2.15. The van der Waals surface area contributed by atoms with E-state index < -0.39 is 5.41 Å². The summed E-state index contributed by atoms with van der Waals surface area (Å²) >= 11 is 0. The summed E-state index contributed by atoms with van der Waals surface area (Å²) in [6, 6.07) is 5.30. The number of nitrogens with two attached hydrogens (primary N) is 1. The molecule has 0 spiro atoms. The smallest absolute Gasteiger partial charge is 0.251 e. The van der Waals surface area contributed by atoms with Crippen LogP contribution in [0.25, 0.3) is 0 Å². The standard InChI is InChI=1S/C15H21N3O2/c1-3-17-13(19)11-5-4-10(2)12(8-11)18-14(20)15(9-16)6-7-15/h4-5,8H,3,6-7,9,16H2,1-2H3,(H,17,19)(H,18,20). The minimum Gasteiger partial charge on any atom is -0.352 e. The van der Waals surface area contributed by atoms with Crippen molar-refractivity contribution in [3.63, 3.8) is 0 Å². The number of amides is 2. The van der Waals surface area contributed by atoms with Crippen molar-refractivity contribution in [2.75, 3.05) is 18.4 Å². The van der Waals surface area contributed by atoms with Crippen molar-refractivity contribution < 1.29 is 9.59 Å². The fourth-order valence-corrected chi connectivity index (χ4v) is 2.09. The quantitative estimate of drug-likeness (QED) is 0.760. The summed E-state index contributed by atoms with van der Waals surface area (Å²) in [6.07, 6.45) is 1.68. The average Bonchev–Trinajstić information content (AvgIpc) is 3.22. The Balaban J connectivity index is 2.17. The van der Waals surface area contributed by atoms with E-state index in [4.69, 9.17) is 5.73 Å². The van der Waals surface area contributed by atoms with Crippen LogP contribution in [0.5, 0.6) is 0 Å². The molecule has 0 radical (unpaired) electrons. The molecule has 1 aromatic carbocycles. The van der Waals surface area contributed by atoms with Crippen LogP contribution in [0.2, 0.25) is 0 Å². The predicted molar refractivity (Wildman–Crippen MR) is 78.5 cm³/mol. The van der Waals surface area contributed by atoms with Crippen molar-refractivity contribution in [3.8, 4) is 0 Å². The molecule has 0 unspecified atom stereocenters. The van der Waals surface area contributed by atoms with Crippen LogP contribution in [0.4, 0.5) is 5.69 Å². The Bertz CT molecular complexity index is 536. The third-order valence-corrected chi connectivity index (χ3v) is 3.81. The monoisotopic (exact) mass is 275 g/mol. The summed E-state index contributed by atoms with van der Waals surface area (Å²) in [4.78, 5) is 24.0. The molecule has 0 heterocycles. The maximum Gasteiger partial charge on any atom is 0.251 e. The van der Waals surface area contributed by atoms with Gasteiger partial charge in [0.05, 0.1) is 5.41 Å². The summed E-state index contributed by atoms with van der Waals surface area (Å²) < 4.78 is 0. The van der Waals surface area contributed by atoms with E-state index in [-0.39, 0.29) is 11.8 Å². The van der Waals surface area contributed by atoms with Crippen molar-refractivity contribution in [2.24, 2.45) is 11.1 Å². The second kappa shape index (κ2) is 5.63. The van der Waals surface area contributed by atoms with Gasteiger partial charge in [0.1, 0.15) is 0 Å². The van der Waals surface area contributed by atoms with E-state index in [9.17, 15) is 9.59 Å². The van der Waals surface area contributed by atoms with Crippen LogP contribution in [0, 0.1) is 12.3 Å². The molecule has 0 aliphatic heterocycles. The molecule has 1 aliphatic carbocycles. The maximum absolute atomic E-state index is 12.2.